The zero-order valence-corrected chi connectivity index (χ0v) is 16.2. The van der Waals surface area contributed by atoms with Crippen molar-refractivity contribution in [2.45, 2.75) is 18.9 Å². The molecule has 1 aliphatic rings. The van der Waals surface area contributed by atoms with Gasteiger partial charge in [0.1, 0.15) is 17.7 Å². The molecule has 0 aromatic heterocycles. The number of rotatable bonds is 5. The lowest BCUT2D eigenvalue weighted by Gasteiger charge is -2.31. The fraction of sp³-hybridized carbons (Fsp3) is 0.261. The van der Waals surface area contributed by atoms with Gasteiger partial charge in [0, 0.05) is 36.7 Å². The van der Waals surface area contributed by atoms with E-state index in [1.807, 2.05) is 36.4 Å². The van der Waals surface area contributed by atoms with Crippen LogP contribution >= 0.6 is 0 Å². The van der Waals surface area contributed by atoms with Crippen LogP contribution in [0.25, 0.3) is 6.08 Å². The van der Waals surface area contributed by atoms with Crippen molar-refractivity contribution in [3.05, 3.63) is 77.4 Å². The van der Waals surface area contributed by atoms with Crippen molar-refractivity contribution >= 4 is 17.9 Å². The summed E-state index contributed by atoms with van der Waals surface area (Å²) in [6.07, 6.45) is 4.15. The number of nitriles is 1. The lowest BCUT2D eigenvalue weighted by atomic mass is 9.95. The molecule has 0 saturated carbocycles. The number of nitrogens with one attached hydrogen (secondary N) is 1. The first-order valence-corrected chi connectivity index (χ1v) is 9.65. The van der Waals surface area contributed by atoms with Gasteiger partial charge in [-0.1, -0.05) is 36.4 Å². The molecule has 1 aliphatic heterocycles. The second-order valence-corrected chi connectivity index (χ2v) is 7.08. The van der Waals surface area contributed by atoms with Crippen molar-refractivity contribution in [2.24, 2.45) is 5.92 Å². The van der Waals surface area contributed by atoms with Crippen LogP contribution in [0.1, 0.15) is 30.0 Å². The maximum atomic E-state index is 13.9. The van der Waals surface area contributed by atoms with Gasteiger partial charge >= 0.3 is 0 Å². The van der Waals surface area contributed by atoms with Crippen LogP contribution in [-0.4, -0.2) is 29.8 Å². The fourth-order valence-corrected chi connectivity index (χ4v) is 3.37. The molecular weight excluding hydrogens is 388 g/mol. The molecule has 1 saturated heterocycles. The van der Waals surface area contributed by atoms with Gasteiger partial charge in [-0.2, -0.15) is 5.26 Å². The minimum Gasteiger partial charge on any atom is -0.339 e. The molecule has 1 heterocycles. The van der Waals surface area contributed by atoms with Gasteiger partial charge in [0.15, 0.2) is 0 Å². The van der Waals surface area contributed by atoms with Crippen molar-refractivity contribution in [3.8, 4) is 6.07 Å². The number of nitrogens with zero attached hydrogens (tertiary/aromatic N) is 2. The highest BCUT2D eigenvalue weighted by molar-refractivity contribution is 5.92. The van der Waals surface area contributed by atoms with Crippen LogP contribution in [0, 0.1) is 28.9 Å². The predicted octanol–water partition coefficient (Wildman–Crippen LogP) is 3.60. The molecule has 5 nitrogen and oxygen atoms in total. The summed E-state index contributed by atoms with van der Waals surface area (Å²) in [4.78, 5) is 26.5. The second-order valence-electron chi connectivity index (χ2n) is 7.08. The molecule has 3 rings (SSSR count). The van der Waals surface area contributed by atoms with Gasteiger partial charge in [0.05, 0.1) is 6.07 Å². The zero-order chi connectivity index (χ0) is 21.5. The highest BCUT2D eigenvalue weighted by atomic mass is 19.1. The lowest BCUT2D eigenvalue weighted by molar-refractivity contribution is -0.132. The van der Waals surface area contributed by atoms with Crippen molar-refractivity contribution in [1.82, 2.24) is 10.2 Å². The summed E-state index contributed by atoms with van der Waals surface area (Å²) in [6, 6.07) is 13.0. The third kappa shape index (κ3) is 5.29. The normalized spacial score (nSPS) is 15.6. The number of piperidine rings is 1. The van der Waals surface area contributed by atoms with E-state index in [0.29, 0.717) is 32.0 Å². The van der Waals surface area contributed by atoms with Gasteiger partial charge < -0.3 is 10.2 Å². The molecule has 0 bridgehead atoms. The Kier molecular flexibility index (Phi) is 6.91. The van der Waals surface area contributed by atoms with Crippen LogP contribution in [0.15, 0.2) is 54.6 Å². The van der Waals surface area contributed by atoms with Crippen LogP contribution in [0.2, 0.25) is 0 Å². The molecule has 154 valence electrons. The van der Waals surface area contributed by atoms with E-state index >= 15 is 0 Å². The largest absolute Gasteiger partial charge is 0.339 e. The Morgan fingerprint density at radius 1 is 1.13 bits per heavy atom. The standard InChI is InChI=1S/C23H21F2N3O2/c24-18-7-8-19(20(25)14-18)21(15-26)27-23(30)17-10-12-28(13-11-17)22(29)9-6-16-4-2-1-3-5-16/h1-9,14,17,21H,10-13H2,(H,27,30)/b9-6+. The Balaban J connectivity index is 1.54. The first kappa shape index (κ1) is 21.2. The molecule has 2 amide bonds. The van der Waals surface area contributed by atoms with Gasteiger partial charge in [0.25, 0.3) is 0 Å². The molecule has 2 aromatic rings. The smallest absolute Gasteiger partial charge is 0.246 e. The van der Waals surface area contributed by atoms with Gasteiger partial charge in [0.2, 0.25) is 11.8 Å². The van der Waals surface area contributed by atoms with Crippen molar-refractivity contribution in [2.75, 3.05) is 13.1 Å². The van der Waals surface area contributed by atoms with E-state index in [1.54, 1.807) is 11.0 Å². The minimum atomic E-state index is -1.20. The number of carbonyl (C=O) groups is 2. The number of hydrogen-bond acceptors (Lipinski definition) is 3. The van der Waals surface area contributed by atoms with Crippen molar-refractivity contribution < 1.29 is 18.4 Å². The SMILES string of the molecule is N#CC(NC(=O)C1CCN(C(=O)/C=C/c2ccccc2)CC1)c1ccc(F)cc1F. The molecule has 0 radical (unpaired) electrons. The molecule has 1 N–H and O–H groups in total. The van der Waals surface area contributed by atoms with Gasteiger partial charge in [-0.15, -0.1) is 0 Å². The van der Waals surface area contributed by atoms with E-state index in [-0.39, 0.29) is 23.3 Å². The first-order chi connectivity index (χ1) is 14.5. The Hall–Kier alpha value is -3.53. The van der Waals surface area contributed by atoms with Crippen LogP contribution in [0.5, 0.6) is 0 Å². The number of carbonyl (C=O) groups excluding carboxylic acids is 2. The first-order valence-electron chi connectivity index (χ1n) is 9.65. The average Bonchev–Trinajstić information content (AvgIpc) is 2.77. The third-order valence-corrected chi connectivity index (χ3v) is 5.08. The molecule has 0 aliphatic carbocycles. The lowest BCUT2D eigenvalue weighted by Crippen LogP contribution is -2.43. The van der Waals surface area contributed by atoms with Gasteiger partial charge in [-0.25, -0.2) is 8.78 Å². The molecule has 2 aromatic carbocycles. The maximum absolute atomic E-state index is 13.9. The van der Waals surface area contributed by atoms with Gasteiger partial charge in [-0.3, -0.25) is 9.59 Å². The minimum absolute atomic E-state index is 0.0779. The highest BCUT2D eigenvalue weighted by Crippen LogP contribution is 2.22. The van der Waals surface area contributed by atoms with Crippen LogP contribution in [0.3, 0.4) is 0 Å². The molecule has 30 heavy (non-hydrogen) atoms. The Labute approximate surface area is 173 Å². The van der Waals surface area contributed by atoms with E-state index in [2.05, 4.69) is 5.32 Å². The van der Waals surface area contributed by atoms with Crippen LogP contribution < -0.4 is 5.32 Å². The predicted molar refractivity (Wildman–Crippen MR) is 108 cm³/mol. The summed E-state index contributed by atoms with van der Waals surface area (Å²) < 4.78 is 27.0. The van der Waals surface area contributed by atoms with Crippen LogP contribution in [-0.2, 0) is 9.59 Å². The van der Waals surface area contributed by atoms with Crippen molar-refractivity contribution in [1.29, 1.82) is 5.26 Å². The molecular formula is C23H21F2N3O2. The summed E-state index contributed by atoms with van der Waals surface area (Å²) in [7, 11) is 0. The number of benzene rings is 2. The molecule has 1 fully saturated rings. The molecule has 7 heteroatoms. The summed E-state index contributed by atoms with van der Waals surface area (Å²) >= 11 is 0. The average molecular weight is 409 g/mol. The molecule has 0 spiro atoms. The van der Waals surface area contributed by atoms with Gasteiger partial charge in [-0.05, 0) is 30.5 Å². The number of amides is 2. The topological polar surface area (TPSA) is 73.2 Å². The highest BCUT2D eigenvalue weighted by Gasteiger charge is 2.28. The summed E-state index contributed by atoms with van der Waals surface area (Å²) in [6.45, 7) is 0.830. The van der Waals surface area contributed by atoms with E-state index in [9.17, 15) is 23.6 Å². The Bertz CT molecular complexity index is 978. The number of halogens is 2. The molecule has 1 unspecified atom stereocenters. The third-order valence-electron chi connectivity index (χ3n) is 5.08. The summed E-state index contributed by atoms with van der Waals surface area (Å²) in [5.74, 6) is -2.52. The monoisotopic (exact) mass is 409 g/mol. The van der Waals surface area contributed by atoms with E-state index in [1.165, 1.54) is 6.08 Å². The number of likely N-dealkylation sites (tertiary alicyclic amines) is 1. The van der Waals surface area contributed by atoms with E-state index in [0.717, 1.165) is 17.7 Å². The number of hydrogen-bond donors (Lipinski definition) is 1. The quantitative estimate of drug-likeness (QED) is 0.767. The Morgan fingerprint density at radius 3 is 2.47 bits per heavy atom. The van der Waals surface area contributed by atoms with Crippen molar-refractivity contribution in [3.63, 3.8) is 0 Å². The fourth-order valence-electron chi connectivity index (χ4n) is 3.37. The van der Waals surface area contributed by atoms with Crippen LogP contribution in [0.4, 0.5) is 8.78 Å². The Morgan fingerprint density at radius 2 is 1.83 bits per heavy atom. The van der Waals surface area contributed by atoms with E-state index < -0.39 is 17.7 Å². The zero-order valence-electron chi connectivity index (χ0n) is 16.2. The second kappa shape index (κ2) is 9.79. The summed E-state index contributed by atoms with van der Waals surface area (Å²) in [5, 5.41) is 11.8. The molecule has 1 atom stereocenters. The van der Waals surface area contributed by atoms with E-state index in [4.69, 9.17) is 0 Å². The maximum Gasteiger partial charge on any atom is 0.246 e. The summed E-state index contributed by atoms with van der Waals surface area (Å²) in [5.41, 5.74) is 0.849.